The highest BCUT2D eigenvalue weighted by molar-refractivity contribution is 14.1. The molecule has 0 aromatic heterocycles. The van der Waals surface area contributed by atoms with Gasteiger partial charge in [0.15, 0.2) is 0 Å². The maximum absolute atomic E-state index is 11.3. The Morgan fingerprint density at radius 1 is 1.19 bits per heavy atom. The van der Waals surface area contributed by atoms with Crippen LogP contribution in [0.5, 0.6) is 0 Å². The van der Waals surface area contributed by atoms with Crippen molar-refractivity contribution in [3.63, 3.8) is 0 Å². The van der Waals surface area contributed by atoms with Crippen molar-refractivity contribution in [1.29, 1.82) is 0 Å². The van der Waals surface area contributed by atoms with Crippen LogP contribution in [0, 0.1) is 3.57 Å². The smallest absolute Gasteiger partial charge is 0.150 e. The first-order valence-corrected chi connectivity index (χ1v) is 8.18. The number of rotatable bonds is 2. The van der Waals surface area contributed by atoms with E-state index in [0.29, 0.717) is 30.4 Å². The lowest BCUT2D eigenvalue weighted by Gasteiger charge is -2.24. The second kappa shape index (κ2) is 4.91. The molecule has 1 fully saturated rings. The van der Waals surface area contributed by atoms with Gasteiger partial charge in [0.05, 0.1) is 11.5 Å². The normalized spacial score (nSPS) is 20.6. The molecule has 0 bridgehead atoms. The Hall–Kier alpha value is -0.300. The zero-order chi connectivity index (χ0) is 11.6. The molecule has 1 heterocycles. The Labute approximate surface area is 110 Å². The van der Waals surface area contributed by atoms with E-state index in [1.807, 2.05) is 24.3 Å². The standard InChI is InChI=1S/C11H14INO2S/c12-10-3-1-2-4-11(10)13-9-5-7-16(14,15)8-6-9/h1-4,9,13H,5-8H2. The van der Waals surface area contributed by atoms with Crippen molar-refractivity contribution in [1.82, 2.24) is 0 Å². The van der Waals surface area contributed by atoms with Crippen LogP contribution in [0.1, 0.15) is 12.8 Å². The molecule has 1 aliphatic rings. The first-order valence-electron chi connectivity index (χ1n) is 5.28. The van der Waals surface area contributed by atoms with Crippen molar-refractivity contribution < 1.29 is 8.42 Å². The van der Waals surface area contributed by atoms with Crippen LogP contribution in [0.2, 0.25) is 0 Å². The SMILES string of the molecule is O=S1(=O)CCC(Nc2ccccc2I)CC1. The van der Waals surface area contributed by atoms with Gasteiger partial charge in [-0.2, -0.15) is 0 Å². The largest absolute Gasteiger partial charge is 0.381 e. The molecule has 3 nitrogen and oxygen atoms in total. The van der Waals surface area contributed by atoms with Crippen LogP contribution in [-0.2, 0) is 9.84 Å². The predicted octanol–water partition coefficient (Wildman–Crippen LogP) is 2.28. The zero-order valence-corrected chi connectivity index (χ0v) is 11.8. The lowest BCUT2D eigenvalue weighted by Crippen LogP contribution is -2.32. The summed E-state index contributed by atoms with van der Waals surface area (Å²) >= 11 is 2.28. The van der Waals surface area contributed by atoms with E-state index in [9.17, 15) is 8.42 Å². The van der Waals surface area contributed by atoms with Crippen molar-refractivity contribution in [3.05, 3.63) is 27.8 Å². The fraction of sp³-hybridized carbons (Fsp3) is 0.455. The highest BCUT2D eigenvalue weighted by atomic mass is 127. The number of hydrogen-bond acceptors (Lipinski definition) is 3. The van der Waals surface area contributed by atoms with Crippen LogP contribution in [0.4, 0.5) is 5.69 Å². The fourth-order valence-corrected chi connectivity index (χ4v) is 3.87. The van der Waals surface area contributed by atoms with E-state index in [4.69, 9.17) is 0 Å². The van der Waals surface area contributed by atoms with Crippen molar-refractivity contribution in [2.75, 3.05) is 16.8 Å². The Kier molecular flexibility index (Phi) is 3.73. The topological polar surface area (TPSA) is 46.2 Å². The Bertz CT molecular complexity index is 459. The monoisotopic (exact) mass is 351 g/mol. The molecule has 0 saturated carbocycles. The van der Waals surface area contributed by atoms with Crippen LogP contribution in [0.15, 0.2) is 24.3 Å². The molecular formula is C11H14INO2S. The number of anilines is 1. The summed E-state index contributed by atoms with van der Waals surface area (Å²) in [5.74, 6) is 0.627. The molecule has 1 aromatic rings. The highest BCUT2D eigenvalue weighted by Crippen LogP contribution is 2.22. The number of benzene rings is 1. The van der Waals surface area contributed by atoms with Crippen molar-refractivity contribution >= 4 is 38.1 Å². The second-order valence-corrected chi connectivity index (χ2v) is 7.52. The van der Waals surface area contributed by atoms with Crippen LogP contribution >= 0.6 is 22.6 Å². The first-order chi connectivity index (χ1) is 7.57. The zero-order valence-electron chi connectivity index (χ0n) is 8.82. The molecule has 16 heavy (non-hydrogen) atoms. The summed E-state index contributed by atoms with van der Waals surface area (Å²) in [6.07, 6.45) is 1.43. The van der Waals surface area contributed by atoms with Crippen molar-refractivity contribution in [2.24, 2.45) is 0 Å². The average Bonchev–Trinajstić information content (AvgIpc) is 2.24. The van der Waals surface area contributed by atoms with Crippen LogP contribution < -0.4 is 5.32 Å². The molecule has 2 rings (SSSR count). The van der Waals surface area contributed by atoms with Gasteiger partial charge in [0.2, 0.25) is 0 Å². The van der Waals surface area contributed by atoms with Gasteiger partial charge in [-0.15, -0.1) is 0 Å². The first kappa shape index (κ1) is 12.2. The van der Waals surface area contributed by atoms with E-state index < -0.39 is 9.84 Å². The molecule has 1 N–H and O–H groups in total. The third kappa shape index (κ3) is 3.10. The van der Waals surface area contributed by atoms with E-state index in [-0.39, 0.29) is 0 Å². The average molecular weight is 351 g/mol. The highest BCUT2D eigenvalue weighted by Gasteiger charge is 2.23. The van der Waals surface area contributed by atoms with Gasteiger partial charge in [0.1, 0.15) is 9.84 Å². The van der Waals surface area contributed by atoms with E-state index in [2.05, 4.69) is 27.9 Å². The number of sulfone groups is 1. The summed E-state index contributed by atoms with van der Waals surface area (Å²) in [4.78, 5) is 0. The molecule has 0 unspecified atom stereocenters. The summed E-state index contributed by atoms with van der Waals surface area (Å²) in [7, 11) is -2.76. The number of halogens is 1. The van der Waals surface area contributed by atoms with Crippen LogP contribution in [-0.4, -0.2) is 26.0 Å². The summed E-state index contributed by atoms with van der Waals surface area (Å²) in [5.41, 5.74) is 1.10. The third-order valence-electron chi connectivity index (χ3n) is 2.79. The number of hydrogen-bond donors (Lipinski definition) is 1. The van der Waals surface area contributed by atoms with Gasteiger partial charge < -0.3 is 5.32 Å². The molecular weight excluding hydrogens is 337 g/mol. The Morgan fingerprint density at radius 3 is 2.44 bits per heavy atom. The van der Waals surface area contributed by atoms with E-state index in [0.717, 1.165) is 5.69 Å². The van der Waals surface area contributed by atoms with Gasteiger partial charge in [-0.1, -0.05) is 12.1 Å². The predicted molar refractivity (Wildman–Crippen MR) is 74.5 cm³/mol. The van der Waals surface area contributed by atoms with Crippen molar-refractivity contribution in [3.8, 4) is 0 Å². The number of para-hydroxylation sites is 1. The van der Waals surface area contributed by atoms with Gasteiger partial charge >= 0.3 is 0 Å². The lowest BCUT2D eigenvalue weighted by atomic mass is 10.1. The quantitative estimate of drug-likeness (QED) is 0.832. The van der Waals surface area contributed by atoms with Crippen molar-refractivity contribution in [2.45, 2.75) is 18.9 Å². The lowest BCUT2D eigenvalue weighted by molar-refractivity contribution is 0.559. The molecule has 0 atom stereocenters. The molecule has 1 saturated heterocycles. The molecule has 0 amide bonds. The van der Waals surface area contributed by atoms with Crippen LogP contribution in [0.3, 0.4) is 0 Å². The molecule has 1 aromatic carbocycles. The molecule has 0 aliphatic carbocycles. The fourth-order valence-electron chi connectivity index (χ4n) is 1.83. The minimum Gasteiger partial charge on any atom is -0.381 e. The molecule has 88 valence electrons. The molecule has 0 radical (unpaired) electrons. The maximum atomic E-state index is 11.3. The third-order valence-corrected chi connectivity index (χ3v) is 5.44. The number of nitrogens with one attached hydrogen (secondary N) is 1. The summed E-state index contributed by atoms with van der Waals surface area (Å²) in [6, 6.07) is 8.36. The second-order valence-electron chi connectivity index (χ2n) is 4.05. The molecule has 0 spiro atoms. The molecule has 5 heteroatoms. The van der Waals surface area contributed by atoms with Gasteiger partial charge in [-0.3, -0.25) is 0 Å². The van der Waals surface area contributed by atoms with E-state index in [1.54, 1.807) is 0 Å². The van der Waals surface area contributed by atoms with E-state index >= 15 is 0 Å². The van der Waals surface area contributed by atoms with Gasteiger partial charge in [-0.25, -0.2) is 8.42 Å². The Balaban J connectivity index is 2.00. The summed E-state index contributed by atoms with van der Waals surface area (Å²) in [6.45, 7) is 0. The minimum atomic E-state index is -2.76. The van der Waals surface area contributed by atoms with Crippen LogP contribution in [0.25, 0.3) is 0 Å². The van der Waals surface area contributed by atoms with Gasteiger partial charge in [0, 0.05) is 15.3 Å². The maximum Gasteiger partial charge on any atom is 0.150 e. The minimum absolute atomic E-state index is 0.291. The van der Waals surface area contributed by atoms with Gasteiger partial charge in [-0.05, 0) is 47.6 Å². The Morgan fingerprint density at radius 2 is 1.81 bits per heavy atom. The summed E-state index contributed by atoms with van der Waals surface area (Å²) in [5, 5.41) is 3.41. The molecule has 1 aliphatic heterocycles. The van der Waals surface area contributed by atoms with E-state index in [1.165, 1.54) is 3.57 Å². The van der Waals surface area contributed by atoms with Gasteiger partial charge in [0.25, 0.3) is 0 Å². The summed E-state index contributed by atoms with van der Waals surface area (Å²) < 4.78 is 23.7.